The van der Waals surface area contributed by atoms with Crippen LogP contribution in [0.4, 0.5) is 0 Å². The molecule has 1 aromatic heterocycles. The highest BCUT2D eigenvalue weighted by molar-refractivity contribution is 7.16. The maximum absolute atomic E-state index is 12.4. The Morgan fingerprint density at radius 2 is 2.29 bits per heavy atom. The Labute approximate surface area is 151 Å². The number of piperidine rings is 1. The van der Waals surface area contributed by atoms with Gasteiger partial charge in [0.15, 0.2) is 0 Å². The first-order valence-electron chi connectivity index (χ1n) is 8.18. The number of carbonyl (C=O) groups excluding carboxylic acids is 2. The molecule has 8 heteroatoms. The quantitative estimate of drug-likeness (QED) is 0.752. The Balaban J connectivity index is 1.81. The van der Waals surface area contributed by atoms with E-state index in [1.807, 2.05) is 12.1 Å². The smallest absolute Gasteiger partial charge is 0.236 e. The minimum Gasteiger partial charge on any atom is -0.355 e. The Kier molecular flexibility index (Phi) is 7.48. The summed E-state index contributed by atoms with van der Waals surface area (Å²) in [6.45, 7) is 3.32. The molecule has 24 heavy (non-hydrogen) atoms. The molecular formula is C16H25ClN4O2S. The minimum absolute atomic E-state index is 0.0409. The first kappa shape index (κ1) is 19.2. The second-order valence-electron chi connectivity index (χ2n) is 6.11. The van der Waals surface area contributed by atoms with Crippen molar-refractivity contribution in [3.05, 3.63) is 21.3 Å². The third-order valence-corrected chi connectivity index (χ3v) is 5.34. The van der Waals surface area contributed by atoms with Crippen molar-refractivity contribution >= 4 is 34.8 Å². The zero-order chi connectivity index (χ0) is 17.5. The number of thiophene rings is 1. The van der Waals surface area contributed by atoms with Gasteiger partial charge in [-0.2, -0.15) is 0 Å². The van der Waals surface area contributed by atoms with E-state index < -0.39 is 0 Å². The second-order valence-corrected chi connectivity index (χ2v) is 7.91. The predicted molar refractivity (Wildman–Crippen MR) is 97.0 cm³/mol. The van der Waals surface area contributed by atoms with E-state index in [2.05, 4.69) is 10.2 Å². The molecule has 0 radical (unpaired) electrons. The molecule has 1 fully saturated rings. The minimum atomic E-state index is -0.0560. The van der Waals surface area contributed by atoms with Crippen LogP contribution in [0.3, 0.4) is 0 Å². The number of amides is 2. The van der Waals surface area contributed by atoms with Crippen molar-refractivity contribution in [2.45, 2.75) is 19.4 Å². The Morgan fingerprint density at radius 3 is 2.96 bits per heavy atom. The second kappa shape index (κ2) is 9.36. The molecule has 1 atom stereocenters. The van der Waals surface area contributed by atoms with Crippen LogP contribution in [0.5, 0.6) is 0 Å². The van der Waals surface area contributed by atoms with E-state index in [1.165, 1.54) is 11.3 Å². The standard InChI is InChI=1S/C16H25ClN4O2S/c1-20(10-13-4-5-14(17)24-13)15(22)11-21-8-2-3-12(9-21)16(23)19-7-6-18/h4-5,12H,2-3,6-11,18H2,1H3,(H,19,23). The van der Waals surface area contributed by atoms with Crippen molar-refractivity contribution in [3.8, 4) is 0 Å². The molecule has 6 nitrogen and oxygen atoms in total. The van der Waals surface area contributed by atoms with E-state index in [9.17, 15) is 9.59 Å². The Morgan fingerprint density at radius 1 is 1.50 bits per heavy atom. The van der Waals surface area contributed by atoms with Crippen molar-refractivity contribution in [1.82, 2.24) is 15.1 Å². The lowest BCUT2D eigenvalue weighted by Gasteiger charge is -2.32. The predicted octanol–water partition coefficient (Wildman–Crippen LogP) is 1.15. The fourth-order valence-corrected chi connectivity index (χ4v) is 3.96. The van der Waals surface area contributed by atoms with E-state index in [4.69, 9.17) is 17.3 Å². The van der Waals surface area contributed by atoms with Crippen molar-refractivity contribution < 1.29 is 9.59 Å². The topological polar surface area (TPSA) is 78.7 Å². The van der Waals surface area contributed by atoms with Gasteiger partial charge in [-0.1, -0.05) is 11.6 Å². The first-order chi connectivity index (χ1) is 11.5. The lowest BCUT2D eigenvalue weighted by molar-refractivity contribution is -0.134. The SMILES string of the molecule is CN(Cc1ccc(Cl)s1)C(=O)CN1CCCC(C(=O)NCCN)C1. The van der Waals surface area contributed by atoms with Gasteiger partial charge in [0.2, 0.25) is 11.8 Å². The zero-order valence-electron chi connectivity index (χ0n) is 14.0. The van der Waals surface area contributed by atoms with Crippen LogP contribution in [0.2, 0.25) is 4.34 Å². The van der Waals surface area contributed by atoms with Gasteiger partial charge >= 0.3 is 0 Å². The lowest BCUT2D eigenvalue weighted by atomic mass is 9.97. The fourth-order valence-electron chi connectivity index (χ4n) is 2.82. The van der Waals surface area contributed by atoms with E-state index in [0.717, 1.165) is 28.6 Å². The number of carbonyl (C=O) groups is 2. The summed E-state index contributed by atoms with van der Waals surface area (Å²) in [7, 11) is 1.80. The molecule has 0 aliphatic carbocycles. The van der Waals surface area contributed by atoms with Crippen molar-refractivity contribution in [2.24, 2.45) is 11.7 Å². The fraction of sp³-hybridized carbons (Fsp3) is 0.625. The number of hydrogen-bond acceptors (Lipinski definition) is 5. The number of nitrogens with zero attached hydrogens (tertiary/aromatic N) is 2. The summed E-state index contributed by atoms with van der Waals surface area (Å²) < 4.78 is 0.730. The number of nitrogens with two attached hydrogens (primary N) is 1. The van der Waals surface area contributed by atoms with E-state index in [1.54, 1.807) is 11.9 Å². The van der Waals surface area contributed by atoms with Crippen LogP contribution in [0.25, 0.3) is 0 Å². The van der Waals surface area contributed by atoms with E-state index in [-0.39, 0.29) is 17.7 Å². The van der Waals surface area contributed by atoms with Crippen LogP contribution in [0.1, 0.15) is 17.7 Å². The van der Waals surface area contributed by atoms with Gasteiger partial charge in [-0.05, 0) is 31.5 Å². The molecule has 2 amide bonds. The highest BCUT2D eigenvalue weighted by atomic mass is 35.5. The van der Waals surface area contributed by atoms with Gasteiger partial charge in [0.1, 0.15) is 0 Å². The number of hydrogen-bond donors (Lipinski definition) is 2. The number of halogens is 1. The van der Waals surface area contributed by atoms with Gasteiger partial charge in [-0.3, -0.25) is 14.5 Å². The van der Waals surface area contributed by atoms with Crippen LogP contribution < -0.4 is 11.1 Å². The van der Waals surface area contributed by atoms with Gasteiger partial charge < -0.3 is 16.0 Å². The van der Waals surface area contributed by atoms with Crippen LogP contribution in [0.15, 0.2) is 12.1 Å². The molecule has 0 bridgehead atoms. The third-order valence-electron chi connectivity index (χ3n) is 4.13. The maximum Gasteiger partial charge on any atom is 0.236 e. The van der Waals surface area contributed by atoms with Gasteiger partial charge in [-0.15, -0.1) is 11.3 Å². The molecule has 134 valence electrons. The summed E-state index contributed by atoms with van der Waals surface area (Å²) in [5.41, 5.74) is 5.41. The molecule has 2 rings (SSSR count). The highest BCUT2D eigenvalue weighted by Crippen LogP contribution is 2.22. The summed E-state index contributed by atoms with van der Waals surface area (Å²) in [4.78, 5) is 29.3. The van der Waals surface area contributed by atoms with Gasteiger partial charge in [0.05, 0.1) is 23.3 Å². The molecule has 1 unspecified atom stereocenters. The van der Waals surface area contributed by atoms with E-state index in [0.29, 0.717) is 32.7 Å². The lowest BCUT2D eigenvalue weighted by Crippen LogP contribution is -2.47. The molecule has 1 aromatic rings. The monoisotopic (exact) mass is 372 g/mol. The highest BCUT2D eigenvalue weighted by Gasteiger charge is 2.27. The summed E-state index contributed by atoms with van der Waals surface area (Å²) in [6, 6.07) is 3.78. The molecule has 0 saturated carbocycles. The van der Waals surface area contributed by atoms with Crippen molar-refractivity contribution in [3.63, 3.8) is 0 Å². The maximum atomic E-state index is 12.4. The number of nitrogens with one attached hydrogen (secondary N) is 1. The number of likely N-dealkylation sites (tertiary alicyclic amines) is 1. The van der Waals surface area contributed by atoms with Crippen LogP contribution in [0, 0.1) is 5.92 Å². The van der Waals surface area contributed by atoms with E-state index >= 15 is 0 Å². The molecule has 2 heterocycles. The van der Waals surface area contributed by atoms with Gasteiger partial charge in [0, 0.05) is 31.6 Å². The van der Waals surface area contributed by atoms with Gasteiger partial charge in [0.25, 0.3) is 0 Å². The molecule has 1 aliphatic rings. The molecule has 0 spiro atoms. The molecule has 1 saturated heterocycles. The van der Waals surface area contributed by atoms with Gasteiger partial charge in [-0.25, -0.2) is 0 Å². The summed E-state index contributed by atoms with van der Waals surface area (Å²) in [5, 5.41) is 2.84. The zero-order valence-corrected chi connectivity index (χ0v) is 15.5. The normalized spacial score (nSPS) is 18.4. The summed E-state index contributed by atoms with van der Waals surface area (Å²) >= 11 is 7.41. The molecule has 1 aliphatic heterocycles. The van der Waals surface area contributed by atoms with Crippen molar-refractivity contribution in [2.75, 3.05) is 39.8 Å². The largest absolute Gasteiger partial charge is 0.355 e. The van der Waals surface area contributed by atoms with Crippen molar-refractivity contribution in [1.29, 1.82) is 0 Å². The molecule has 3 N–H and O–H groups in total. The Bertz CT molecular complexity index is 566. The Hall–Kier alpha value is -1.15. The summed E-state index contributed by atoms with van der Waals surface area (Å²) in [5.74, 6) is 0.0428. The number of likely N-dealkylation sites (N-methyl/N-ethyl adjacent to an activating group) is 1. The average Bonchev–Trinajstić information content (AvgIpc) is 2.97. The average molecular weight is 373 g/mol. The summed E-state index contributed by atoms with van der Waals surface area (Å²) in [6.07, 6.45) is 1.79. The van der Waals surface area contributed by atoms with Crippen LogP contribution in [-0.2, 0) is 16.1 Å². The number of rotatable bonds is 7. The molecule has 0 aromatic carbocycles. The first-order valence-corrected chi connectivity index (χ1v) is 9.37. The van der Waals surface area contributed by atoms with Crippen LogP contribution in [-0.4, -0.2) is 61.4 Å². The van der Waals surface area contributed by atoms with Crippen LogP contribution >= 0.6 is 22.9 Å². The molecular weight excluding hydrogens is 348 g/mol. The third kappa shape index (κ3) is 5.73.